The Labute approximate surface area is 197 Å². The Kier molecular flexibility index (Phi) is 5.59. The first-order chi connectivity index (χ1) is 16.3. The van der Waals surface area contributed by atoms with Crippen LogP contribution in [-0.2, 0) is 0 Å². The van der Waals surface area contributed by atoms with Crippen LogP contribution in [0.5, 0.6) is 0 Å². The van der Waals surface area contributed by atoms with Crippen molar-refractivity contribution in [2.45, 2.75) is 38.0 Å². The Morgan fingerprint density at radius 2 is 1.85 bits per heavy atom. The molecule has 2 N–H and O–H groups in total. The minimum absolute atomic E-state index is 0.172. The van der Waals surface area contributed by atoms with Crippen LogP contribution in [0.3, 0.4) is 0 Å². The number of nitrogens with one attached hydrogen (secondary N) is 2. The highest BCUT2D eigenvalue weighted by Gasteiger charge is 2.32. The van der Waals surface area contributed by atoms with E-state index in [2.05, 4.69) is 31.6 Å². The minimum Gasteiger partial charge on any atom is -0.368 e. The van der Waals surface area contributed by atoms with Gasteiger partial charge >= 0.3 is 0 Å². The molecule has 0 aromatic carbocycles. The number of nitrogens with zero attached hydrogens (tertiary/aromatic N) is 5. The molecular formula is C24H29N7OS. The topological polar surface area (TPSA) is 86.3 Å². The number of piperazine rings is 1. The van der Waals surface area contributed by atoms with Crippen molar-refractivity contribution in [1.29, 1.82) is 0 Å². The van der Waals surface area contributed by atoms with Crippen LogP contribution in [0.4, 0.5) is 17.5 Å². The van der Waals surface area contributed by atoms with Gasteiger partial charge in [-0.15, -0.1) is 11.3 Å². The van der Waals surface area contributed by atoms with E-state index in [9.17, 15) is 4.79 Å². The molecule has 3 aliphatic rings. The van der Waals surface area contributed by atoms with Gasteiger partial charge in [0.05, 0.1) is 33.2 Å². The molecule has 0 unspecified atom stereocenters. The number of pyridine rings is 1. The number of carbonyl (C=O) groups excluding carboxylic acids is 1. The average molecular weight is 464 g/mol. The number of thiophene rings is 1. The normalized spacial score (nSPS) is 19.2. The molecule has 6 rings (SSSR count). The van der Waals surface area contributed by atoms with Crippen LogP contribution in [0.1, 0.15) is 53.3 Å². The molecule has 0 bridgehead atoms. The van der Waals surface area contributed by atoms with Crippen molar-refractivity contribution >= 4 is 44.9 Å². The van der Waals surface area contributed by atoms with Crippen molar-refractivity contribution in [2.24, 2.45) is 0 Å². The Morgan fingerprint density at radius 1 is 1.03 bits per heavy atom. The molecule has 3 aromatic rings. The molecule has 3 fully saturated rings. The predicted octanol–water partition coefficient (Wildman–Crippen LogP) is 3.74. The monoisotopic (exact) mass is 463 g/mol. The summed E-state index contributed by atoms with van der Waals surface area (Å²) in [4.78, 5) is 32.4. The third kappa shape index (κ3) is 4.04. The summed E-state index contributed by atoms with van der Waals surface area (Å²) in [5.41, 5.74) is 3.22. The zero-order chi connectivity index (χ0) is 22.2. The van der Waals surface area contributed by atoms with E-state index in [1.165, 1.54) is 12.8 Å². The van der Waals surface area contributed by atoms with E-state index in [-0.39, 0.29) is 5.91 Å². The van der Waals surface area contributed by atoms with Crippen LogP contribution in [0.2, 0.25) is 0 Å². The molecule has 1 saturated carbocycles. The van der Waals surface area contributed by atoms with Gasteiger partial charge in [-0.25, -0.2) is 15.0 Å². The zero-order valence-corrected chi connectivity index (χ0v) is 19.5. The highest BCUT2D eigenvalue weighted by molar-refractivity contribution is 7.21. The minimum atomic E-state index is 0.172. The van der Waals surface area contributed by atoms with E-state index in [1.54, 1.807) is 11.3 Å². The first-order valence-corrected chi connectivity index (χ1v) is 12.9. The molecule has 2 aliphatic heterocycles. The summed E-state index contributed by atoms with van der Waals surface area (Å²) in [5.74, 6) is 1.84. The highest BCUT2D eigenvalue weighted by atomic mass is 32.1. The first-order valence-electron chi connectivity index (χ1n) is 12.0. The fourth-order valence-electron chi connectivity index (χ4n) is 5.07. The van der Waals surface area contributed by atoms with E-state index in [0.717, 1.165) is 90.7 Å². The number of amides is 1. The van der Waals surface area contributed by atoms with Gasteiger partial charge in [0, 0.05) is 44.8 Å². The Morgan fingerprint density at radius 3 is 2.55 bits per heavy atom. The second-order valence-electron chi connectivity index (χ2n) is 9.14. The van der Waals surface area contributed by atoms with Gasteiger partial charge in [0.15, 0.2) is 0 Å². The van der Waals surface area contributed by atoms with Crippen LogP contribution in [0.25, 0.3) is 10.2 Å². The number of likely N-dealkylation sites (tertiary alicyclic amines) is 1. The molecule has 1 aliphatic carbocycles. The molecule has 33 heavy (non-hydrogen) atoms. The molecule has 8 nitrogen and oxygen atoms in total. The number of aromatic nitrogens is 3. The summed E-state index contributed by atoms with van der Waals surface area (Å²) in [5, 5.41) is 6.65. The van der Waals surface area contributed by atoms with Gasteiger partial charge in [-0.1, -0.05) is 12.8 Å². The maximum absolute atomic E-state index is 13.2. The van der Waals surface area contributed by atoms with E-state index in [1.807, 2.05) is 23.4 Å². The lowest BCUT2D eigenvalue weighted by Gasteiger charge is -2.31. The fourth-order valence-corrected chi connectivity index (χ4v) is 6.24. The molecule has 0 spiro atoms. The maximum Gasteiger partial charge on any atom is 0.264 e. The maximum atomic E-state index is 13.2. The summed E-state index contributed by atoms with van der Waals surface area (Å²) in [6, 6.07) is 4.08. The number of rotatable bonds is 5. The van der Waals surface area contributed by atoms with Crippen molar-refractivity contribution < 1.29 is 4.79 Å². The quantitative estimate of drug-likeness (QED) is 0.596. The molecule has 0 atom stereocenters. The van der Waals surface area contributed by atoms with Crippen molar-refractivity contribution in [3.63, 3.8) is 0 Å². The summed E-state index contributed by atoms with van der Waals surface area (Å²) in [6.45, 7) is 5.72. The Bertz CT molecular complexity index is 1150. The molecule has 5 heterocycles. The molecular weight excluding hydrogens is 434 g/mol. The standard InChI is InChI=1S/C24H29N7OS/c32-23(31-10-3-11-31)22-20(16-4-1-2-5-16)21-18(33-22)15-27-24(29-21)28-19-7-6-17(14-26-19)30-12-8-25-9-13-30/h6-7,14-16,25H,1-5,8-13H2,(H,26,27,28,29). The molecule has 9 heteroatoms. The molecule has 1 amide bonds. The largest absolute Gasteiger partial charge is 0.368 e. The van der Waals surface area contributed by atoms with Gasteiger partial charge in [0.1, 0.15) is 5.82 Å². The van der Waals surface area contributed by atoms with Crippen LogP contribution in [-0.4, -0.2) is 65.0 Å². The molecule has 172 valence electrons. The lowest BCUT2D eigenvalue weighted by molar-refractivity contribution is 0.0655. The summed E-state index contributed by atoms with van der Waals surface area (Å²) >= 11 is 1.56. The van der Waals surface area contributed by atoms with Crippen molar-refractivity contribution in [3.05, 3.63) is 35.0 Å². The first kappa shape index (κ1) is 20.8. The number of carbonyl (C=O) groups is 1. The van der Waals surface area contributed by atoms with E-state index >= 15 is 0 Å². The van der Waals surface area contributed by atoms with Crippen molar-refractivity contribution in [1.82, 2.24) is 25.2 Å². The molecule has 2 saturated heterocycles. The second-order valence-corrected chi connectivity index (χ2v) is 10.2. The van der Waals surface area contributed by atoms with Crippen molar-refractivity contribution in [3.8, 4) is 0 Å². The van der Waals surface area contributed by atoms with E-state index < -0.39 is 0 Å². The summed E-state index contributed by atoms with van der Waals surface area (Å²) in [6.07, 6.45) is 9.57. The van der Waals surface area contributed by atoms with Gasteiger partial charge in [-0.3, -0.25) is 4.79 Å². The second kappa shape index (κ2) is 8.87. The lowest BCUT2D eigenvalue weighted by Crippen LogP contribution is -2.43. The average Bonchev–Trinajstić information content (AvgIpc) is 3.46. The van der Waals surface area contributed by atoms with E-state index in [4.69, 9.17) is 4.98 Å². The number of fused-ring (bicyclic) bond motifs is 1. The van der Waals surface area contributed by atoms with Crippen LogP contribution in [0, 0.1) is 0 Å². The zero-order valence-electron chi connectivity index (χ0n) is 18.7. The Balaban J connectivity index is 1.29. The fraction of sp³-hybridized carbons (Fsp3) is 0.500. The number of hydrogen-bond acceptors (Lipinski definition) is 8. The van der Waals surface area contributed by atoms with Gasteiger partial charge in [0.25, 0.3) is 5.91 Å². The third-order valence-electron chi connectivity index (χ3n) is 7.04. The molecule has 0 radical (unpaired) electrons. The van der Waals surface area contributed by atoms with Crippen LogP contribution >= 0.6 is 11.3 Å². The van der Waals surface area contributed by atoms with E-state index in [0.29, 0.717) is 11.9 Å². The van der Waals surface area contributed by atoms with Gasteiger partial charge < -0.3 is 20.4 Å². The summed E-state index contributed by atoms with van der Waals surface area (Å²) in [7, 11) is 0. The van der Waals surface area contributed by atoms with Gasteiger partial charge in [0.2, 0.25) is 5.95 Å². The Hall–Kier alpha value is -2.78. The predicted molar refractivity (Wildman–Crippen MR) is 132 cm³/mol. The highest BCUT2D eigenvalue weighted by Crippen LogP contribution is 2.43. The smallest absolute Gasteiger partial charge is 0.264 e. The number of hydrogen-bond donors (Lipinski definition) is 2. The lowest BCUT2D eigenvalue weighted by atomic mass is 9.96. The summed E-state index contributed by atoms with van der Waals surface area (Å²) < 4.78 is 0.994. The van der Waals surface area contributed by atoms with Gasteiger partial charge in [-0.2, -0.15) is 0 Å². The SMILES string of the molecule is O=C(c1sc2cnc(Nc3ccc(N4CCNCC4)cn3)nc2c1C1CCCC1)N1CCC1. The third-order valence-corrected chi connectivity index (χ3v) is 8.16. The van der Waals surface area contributed by atoms with Crippen LogP contribution < -0.4 is 15.5 Å². The van der Waals surface area contributed by atoms with Gasteiger partial charge in [-0.05, 0) is 37.3 Å². The van der Waals surface area contributed by atoms with Crippen LogP contribution in [0.15, 0.2) is 24.5 Å². The molecule has 3 aromatic heterocycles. The number of anilines is 3. The van der Waals surface area contributed by atoms with Crippen molar-refractivity contribution in [2.75, 3.05) is 49.5 Å².